The molecule has 0 radical (unpaired) electrons. The summed E-state index contributed by atoms with van der Waals surface area (Å²) in [5.41, 5.74) is 0.420. The van der Waals surface area contributed by atoms with E-state index >= 15 is 0 Å². The molecule has 0 bridgehead atoms. The molecule has 2 rings (SSSR count). The summed E-state index contributed by atoms with van der Waals surface area (Å²) in [6, 6.07) is 6.95. The Morgan fingerprint density at radius 2 is 1.47 bits per heavy atom. The largest absolute Gasteiger partial charge is 0.507 e. The lowest BCUT2D eigenvalue weighted by Gasteiger charge is -2.16. The second kappa shape index (κ2) is 4.17. The molecular formula is C14H16O3. The van der Waals surface area contributed by atoms with E-state index in [4.69, 9.17) is 0 Å². The van der Waals surface area contributed by atoms with Crippen molar-refractivity contribution in [3.63, 3.8) is 0 Å². The van der Waals surface area contributed by atoms with Crippen molar-refractivity contribution >= 4 is 10.8 Å². The molecule has 0 fully saturated rings. The second-order valence-corrected chi connectivity index (χ2v) is 4.31. The molecule has 3 N–H and O–H groups in total. The zero-order chi connectivity index (χ0) is 12.6. The summed E-state index contributed by atoms with van der Waals surface area (Å²) in [4.78, 5) is 0. The van der Waals surface area contributed by atoms with E-state index in [9.17, 15) is 15.3 Å². The fourth-order valence-corrected chi connectivity index (χ4v) is 2.08. The van der Waals surface area contributed by atoms with Crippen molar-refractivity contribution in [3.8, 4) is 17.2 Å². The third-order valence-electron chi connectivity index (χ3n) is 3.28. The number of hydrogen-bond donors (Lipinski definition) is 3. The Morgan fingerprint density at radius 1 is 0.941 bits per heavy atom. The van der Waals surface area contributed by atoms with Crippen LogP contribution in [0.5, 0.6) is 17.2 Å². The van der Waals surface area contributed by atoms with E-state index in [0.717, 1.165) is 6.42 Å². The van der Waals surface area contributed by atoms with Crippen LogP contribution in [0.4, 0.5) is 0 Å². The summed E-state index contributed by atoms with van der Waals surface area (Å²) in [6.45, 7) is 3.87. The van der Waals surface area contributed by atoms with Crippen molar-refractivity contribution in [2.24, 2.45) is 0 Å². The van der Waals surface area contributed by atoms with E-state index in [2.05, 4.69) is 0 Å². The van der Waals surface area contributed by atoms with E-state index < -0.39 is 0 Å². The van der Waals surface area contributed by atoms with E-state index in [1.165, 1.54) is 0 Å². The maximum absolute atomic E-state index is 10.2. The van der Waals surface area contributed by atoms with Crippen LogP contribution in [0.2, 0.25) is 0 Å². The summed E-state index contributed by atoms with van der Waals surface area (Å²) in [5, 5.41) is 31.1. The van der Waals surface area contributed by atoms with Gasteiger partial charge >= 0.3 is 0 Å². The van der Waals surface area contributed by atoms with Crippen LogP contribution >= 0.6 is 0 Å². The maximum Gasteiger partial charge on any atom is 0.166 e. The highest BCUT2D eigenvalue weighted by Crippen LogP contribution is 2.47. The Balaban J connectivity index is 2.86. The monoisotopic (exact) mass is 232 g/mol. The Morgan fingerprint density at radius 3 is 2.00 bits per heavy atom. The first-order chi connectivity index (χ1) is 8.07. The van der Waals surface area contributed by atoms with Crippen LogP contribution in [0.25, 0.3) is 10.8 Å². The third kappa shape index (κ3) is 1.68. The molecule has 0 aliphatic rings. The van der Waals surface area contributed by atoms with Crippen LogP contribution in [0.15, 0.2) is 24.3 Å². The molecule has 1 unspecified atom stereocenters. The molecule has 0 saturated heterocycles. The number of hydrogen-bond acceptors (Lipinski definition) is 3. The molecule has 0 heterocycles. The van der Waals surface area contributed by atoms with Gasteiger partial charge in [0.15, 0.2) is 11.5 Å². The van der Waals surface area contributed by atoms with Crippen molar-refractivity contribution in [1.82, 2.24) is 0 Å². The Kier molecular flexibility index (Phi) is 2.84. The lowest BCUT2D eigenvalue weighted by atomic mass is 9.92. The minimum atomic E-state index is -0.212. The fourth-order valence-electron chi connectivity index (χ4n) is 2.08. The number of phenolic OH excluding ortho intramolecular Hbond substituents is 3. The lowest BCUT2D eigenvalue weighted by Crippen LogP contribution is -1.94. The molecule has 2 aromatic carbocycles. The minimum Gasteiger partial charge on any atom is -0.507 e. The van der Waals surface area contributed by atoms with Gasteiger partial charge in [0.2, 0.25) is 0 Å². The maximum atomic E-state index is 10.2. The molecule has 0 aromatic heterocycles. The van der Waals surface area contributed by atoms with E-state index in [-0.39, 0.29) is 23.2 Å². The average Bonchev–Trinajstić information content (AvgIpc) is 2.36. The fraction of sp³-hybridized carbons (Fsp3) is 0.286. The van der Waals surface area contributed by atoms with Gasteiger partial charge in [-0.1, -0.05) is 38.1 Å². The quantitative estimate of drug-likeness (QED) is 0.549. The van der Waals surface area contributed by atoms with Crippen LogP contribution in [-0.2, 0) is 0 Å². The third-order valence-corrected chi connectivity index (χ3v) is 3.28. The number of aromatic hydroxyl groups is 3. The minimum absolute atomic E-state index is 0.00879. The summed E-state index contributed by atoms with van der Waals surface area (Å²) in [6.07, 6.45) is 0.777. The normalized spacial score (nSPS) is 12.8. The van der Waals surface area contributed by atoms with Gasteiger partial charge in [-0.25, -0.2) is 0 Å². The molecule has 0 aliphatic carbocycles. The van der Waals surface area contributed by atoms with Crippen molar-refractivity contribution < 1.29 is 15.3 Å². The molecule has 3 nitrogen and oxygen atoms in total. The first-order valence-electron chi connectivity index (χ1n) is 5.73. The van der Waals surface area contributed by atoms with Gasteiger partial charge < -0.3 is 15.3 Å². The smallest absolute Gasteiger partial charge is 0.166 e. The molecule has 0 spiro atoms. The van der Waals surface area contributed by atoms with Gasteiger partial charge in [0.05, 0.1) is 0 Å². The number of rotatable bonds is 2. The predicted octanol–water partition coefficient (Wildman–Crippen LogP) is 3.47. The highest BCUT2D eigenvalue weighted by molar-refractivity contribution is 5.96. The van der Waals surface area contributed by atoms with E-state index in [1.54, 1.807) is 24.3 Å². The van der Waals surface area contributed by atoms with Gasteiger partial charge in [-0.15, -0.1) is 0 Å². The van der Waals surface area contributed by atoms with Gasteiger partial charge in [0, 0.05) is 16.3 Å². The van der Waals surface area contributed by atoms with Crippen molar-refractivity contribution in [2.45, 2.75) is 26.2 Å². The van der Waals surface area contributed by atoms with Gasteiger partial charge in [0.25, 0.3) is 0 Å². The van der Waals surface area contributed by atoms with Crippen LogP contribution in [0, 0.1) is 0 Å². The molecule has 1 atom stereocenters. The molecule has 90 valence electrons. The highest BCUT2D eigenvalue weighted by Gasteiger charge is 2.21. The predicted molar refractivity (Wildman–Crippen MR) is 67.6 cm³/mol. The summed E-state index contributed by atoms with van der Waals surface area (Å²) in [7, 11) is 0. The van der Waals surface area contributed by atoms with Gasteiger partial charge in [-0.3, -0.25) is 0 Å². The van der Waals surface area contributed by atoms with Crippen molar-refractivity contribution in [3.05, 3.63) is 29.8 Å². The zero-order valence-corrected chi connectivity index (χ0v) is 9.94. The standard InChI is InChI=1S/C14H16O3/c1-3-8(2)11-12(15)9-6-4-5-7-10(9)13(16)14(11)17/h4-8,15-17H,3H2,1-2H3. The molecule has 17 heavy (non-hydrogen) atoms. The van der Waals surface area contributed by atoms with Crippen LogP contribution < -0.4 is 0 Å². The highest BCUT2D eigenvalue weighted by atomic mass is 16.3. The van der Waals surface area contributed by atoms with Crippen molar-refractivity contribution in [1.29, 1.82) is 0 Å². The first kappa shape index (κ1) is 11.6. The Labute approximate surface area is 100.0 Å². The summed E-state index contributed by atoms with van der Waals surface area (Å²) >= 11 is 0. The SMILES string of the molecule is CCC(C)c1c(O)c(O)c2ccccc2c1O. The second-order valence-electron chi connectivity index (χ2n) is 4.31. The number of phenols is 3. The number of fused-ring (bicyclic) bond motifs is 1. The zero-order valence-electron chi connectivity index (χ0n) is 9.94. The molecule has 0 aliphatic heterocycles. The summed E-state index contributed by atoms with van der Waals surface area (Å²) < 4.78 is 0. The molecule has 0 amide bonds. The van der Waals surface area contributed by atoms with Gasteiger partial charge in [0.1, 0.15) is 5.75 Å². The average molecular weight is 232 g/mol. The van der Waals surface area contributed by atoms with E-state index in [1.807, 2.05) is 13.8 Å². The van der Waals surface area contributed by atoms with Gasteiger partial charge in [-0.2, -0.15) is 0 Å². The van der Waals surface area contributed by atoms with E-state index in [0.29, 0.717) is 16.3 Å². The van der Waals surface area contributed by atoms with Gasteiger partial charge in [-0.05, 0) is 12.3 Å². The number of benzene rings is 2. The first-order valence-corrected chi connectivity index (χ1v) is 5.73. The lowest BCUT2D eigenvalue weighted by molar-refractivity contribution is 0.390. The van der Waals surface area contributed by atoms with Crippen LogP contribution in [-0.4, -0.2) is 15.3 Å². The van der Waals surface area contributed by atoms with Crippen LogP contribution in [0.1, 0.15) is 31.7 Å². The summed E-state index contributed by atoms with van der Waals surface area (Å²) in [5.74, 6) is -0.319. The Bertz CT molecular complexity index is 561. The molecule has 0 saturated carbocycles. The molecule has 2 aromatic rings. The Hall–Kier alpha value is -1.90. The van der Waals surface area contributed by atoms with Crippen molar-refractivity contribution in [2.75, 3.05) is 0 Å². The molecular weight excluding hydrogens is 216 g/mol. The van der Waals surface area contributed by atoms with Crippen LogP contribution in [0.3, 0.4) is 0 Å². The topological polar surface area (TPSA) is 60.7 Å². The molecule has 3 heteroatoms.